The van der Waals surface area contributed by atoms with Crippen LogP contribution < -0.4 is 14.8 Å². The molecule has 4 rings (SSSR count). The van der Waals surface area contributed by atoms with Gasteiger partial charge < -0.3 is 14.8 Å². The van der Waals surface area contributed by atoms with E-state index in [0.29, 0.717) is 17.7 Å². The number of aryl methyl sites for hydroxylation is 1. The molecule has 1 aromatic carbocycles. The van der Waals surface area contributed by atoms with Crippen molar-refractivity contribution in [2.75, 3.05) is 18.7 Å². The smallest absolute Gasteiger partial charge is 0.332 e. The molecule has 172 valence electrons. The highest BCUT2D eigenvalue weighted by atomic mass is 32.2. The summed E-state index contributed by atoms with van der Waals surface area (Å²) in [6.45, 7) is 0. The van der Waals surface area contributed by atoms with Gasteiger partial charge in [-0.3, -0.25) is 0 Å². The number of ether oxygens (including phenoxy) is 2. The van der Waals surface area contributed by atoms with Crippen LogP contribution in [0.25, 0.3) is 11.1 Å². The first kappa shape index (κ1) is 22.5. The van der Waals surface area contributed by atoms with E-state index in [2.05, 4.69) is 16.4 Å². The predicted octanol–water partition coefficient (Wildman–Crippen LogP) is 3.65. The summed E-state index contributed by atoms with van der Waals surface area (Å²) in [5, 5.41) is 2.77. The molecule has 0 spiro atoms. The number of carbonyl (C=O) groups is 1. The normalized spacial score (nSPS) is 20.4. The molecule has 0 radical (unpaired) electrons. The molecule has 32 heavy (non-hydrogen) atoms. The van der Waals surface area contributed by atoms with Crippen LogP contribution in [0.4, 0.5) is 10.5 Å². The zero-order chi connectivity index (χ0) is 22.7. The molecule has 0 aliphatic heterocycles. The summed E-state index contributed by atoms with van der Waals surface area (Å²) >= 11 is 0. The number of fused-ring (bicyclic) bond motifs is 1. The van der Waals surface area contributed by atoms with Gasteiger partial charge in [-0.1, -0.05) is 12.1 Å². The van der Waals surface area contributed by atoms with Crippen LogP contribution in [0.15, 0.2) is 30.5 Å². The summed E-state index contributed by atoms with van der Waals surface area (Å²) < 4.78 is 36.5. The maximum Gasteiger partial charge on any atom is 0.332 e. The lowest BCUT2D eigenvalue weighted by molar-refractivity contribution is 0.0314. The second-order valence-electron chi connectivity index (χ2n) is 8.44. The number of amides is 2. The fraction of sp³-hybridized carbons (Fsp3) is 0.478. The minimum atomic E-state index is -3.67. The molecule has 1 heterocycles. The number of benzene rings is 1. The molecule has 9 heteroatoms. The summed E-state index contributed by atoms with van der Waals surface area (Å²) in [6, 6.07) is 7.01. The van der Waals surface area contributed by atoms with Crippen LogP contribution in [0.1, 0.15) is 43.2 Å². The number of nitrogens with one attached hydrogen (secondary N) is 2. The third-order valence-corrected chi connectivity index (χ3v) is 6.64. The number of anilines is 1. The average molecular weight is 460 g/mol. The van der Waals surface area contributed by atoms with Gasteiger partial charge in [0.15, 0.2) is 0 Å². The molecular formula is C23H29N3O5S. The van der Waals surface area contributed by atoms with Gasteiger partial charge in [0.25, 0.3) is 0 Å². The van der Waals surface area contributed by atoms with Crippen molar-refractivity contribution in [2.24, 2.45) is 0 Å². The Balaban J connectivity index is 1.59. The average Bonchev–Trinajstić information content (AvgIpc) is 3.23. The predicted molar refractivity (Wildman–Crippen MR) is 122 cm³/mol. The Morgan fingerprint density at radius 3 is 2.56 bits per heavy atom. The first-order valence-corrected chi connectivity index (χ1v) is 12.8. The van der Waals surface area contributed by atoms with E-state index in [-0.39, 0.29) is 6.10 Å². The largest absolute Gasteiger partial charge is 0.474 e. The molecular weight excluding hydrogens is 430 g/mol. The Bertz CT molecular complexity index is 1090. The van der Waals surface area contributed by atoms with Gasteiger partial charge in [-0.05, 0) is 67.7 Å². The van der Waals surface area contributed by atoms with E-state index >= 15 is 0 Å². The van der Waals surface area contributed by atoms with Crippen LogP contribution in [0.3, 0.4) is 0 Å². The Morgan fingerprint density at radius 2 is 1.84 bits per heavy atom. The third kappa shape index (κ3) is 5.39. The van der Waals surface area contributed by atoms with Crippen molar-refractivity contribution < 1.29 is 22.7 Å². The number of hydrogen-bond donors (Lipinski definition) is 2. The maximum atomic E-state index is 12.3. The maximum absolute atomic E-state index is 12.3. The number of carbonyl (C=O) groups excluding carboxylic acids is 1. The Kier molecular flexibility index (Phi) is 6.66. The first-order valence-electron chi connectivity index (χ1n) is 10.9. The summed E-state index contributed by atoms with van der Waals surface area (Å²) in [4.78, 5) is 16.7. The van der Waals surface area contributed by atoms with Crippen molar-refractivity contribution in [1.82, 2.24) is 9.71 Å². The number of sulfonamides is 1. The summed E-state index contributed by atoms with van der Waals surface area (Å²) in [7, 11) is -1.92. The van der Waals surface area contributed by atoms with Crippen LogP contribution >= 0.6 is 0 Å². The van der Waals surface area contributed by atoms with E-state index < -0.39 is 16.1 Å². The van der Waals surface area contributed by atoms with Crippen LogP contribution in [-0.4, -0.2) is 45.0 Å². The zero-order valence-corrected chi connectivity index (χ0v) is 19.2. The topological polar surface area (TPSA) is 107 Å². The fourth-order valence-electron chi connectivity index (χ4n) is 4.56. The van der Waals surface area contributed by atoms with Gasteiger partial charge in [0, 0.05) is 24.9 Å². The van der Waals surface area contributed by atoms with Gasteiger partial charge in [0.1, 0.15) is 6.10 Å². The highest BCUT2D eigenvalue weighted by Crippen LogP contribution is 2.38. The molecule has 2 aliphatic carbocycles. The van der Waals surface area contributed by atoms with Gasteiger partial charge >= 0.3 is 6.03 Å². The van der Waals surface area contributed by atoms with Gasteiger partial charge in [-0.15, -0.1) is 0 Å². The number of rotatable bonds is 6. The molecule has 0 saturated heterocycles. The Labute approximate surface area is 188 Å². The molecule has 2 aromatic rings. The number of urea groups is 1. The van der Waals surface area contributed by atoms with Gasteiger partial charge in [-0.25, -0.2) is 22.9 Å². The van der Waals surface area contributed by atoms with Crippen molar-refractivity contribution >= 4 is 21.7 Å². The quantitative estimate of drug-likeness (QED) is 0.683. The second kappa shape index (κ2) is 9.46. The van der Waals surface area contributed by atoms with E-state index in [9.17, 15) is 13.2 Å². The fourth-order valence-corrected chi connectivity index (χ4v) is 4.94. The van der Waals surface area contributed by atoms with Crippen LogP contribution in [0, 0.1) is 0 Å². The van der Waals surface area contributed by atoms with Crippen molar-refractivity contribution in [1.29, 1.82) is 0 Å². The number of hydrogen-bond acceptors (Lipinski definition) is 6. The number of nitrogens with zero attached hydrogens (tertiary/aromatic N) is 1. The SMILES string of the molecule is CO[C@H]1CC[C@@H](Oc2cc(-c3ccc4c(c3NC(=O)NS(C)(=O)=O)CCC4)ccn2)CC1. The Hall–Kier alpha value is -2.65. The standard InChI is InChI=1S/C23H29N3O5S/c1-30-17-7-9-18(10-8-17)31-21-14-16(12-13-24-21)20-11-6-15-4-3-5-19(15)22(20)25-23(27)26-32(2,28)29/h6,11-14,17-18H,3-5,7-10H2,1-2H3,(H2,25,26,27)/t17-,18+. The summed E-state index contributed by atoms with van der Waals surface area (Å²) in [6.07, 6.45) is 9.58. The molecule has 1 aromatic heterocycles. The third-order valence-electron chi connectivity index (χ3n) is 6.09. The van der Waals surface area contributed by atoms with Gasteiger partial charge in [-0.2, -0.15) is 0 Å². The van der Waals surface area contributed by atoms with Gasteiger partial charge in [0.2, 0.25) is 15.9 Å². The lowest BCUT2D eigenvalue weighted by Gasteiger charge is -2.27. The zero-order valence-electron chi connectivity index (χ0n) is 18.4. The second-order valence-corrected chi connectivity index (χ2v) is 10.2. The lowest BCUT2D eigenvalue weighted by Crippen LogP contribution is -2.33. The van der Waals surface area contributed by atoms with Crippen LogP contribution in [0.5, 0.6) is 5.88 Å². The molecule has 1 fully saturated rings. The monoisotopic (exact) mass is 459 g/mol. The minimum absolute atomic E-state index is 0.0994. The van der Waals surface area contributed by atoms with Crippen molar-refractivity contribution in [3.63, 3.8) is 0 Å². The number of pyridine rings is 1. The number of aromatic nitrogens is 1. The molecule has 2 amide bonds. The first-order chi connectivity index (χ1) is 15.3. The molecule has 1 saturated carbocycles. The van der Waals surface area contributed by atoms with Crippen molar-refractivity contribution in [3.8, 4) is 17.0 Å². The van der Waals surface area contributed by atoms with E-state index in [1.165, 1.54) is 5.56 Å². The van der Waals surface area contributed by atoms with Crippen LogP contribution in [-0.2, 0) is 27.6 Å². The minimum Gasteiger partial charge on any atom is -0.474 e. The number of methoxy groups -OCH3 is 1. The van der Waals surface area contributed by atoms with Crippen molar-refractivity contribution in [2.45, 2.75) is 57.2 Å². The van der Waals surface area contributed by atoms with E-state index in [0.717, 1.165) is 67.9 Å². The van der Waals surface area contributed by atoms with E-state index in [1.54, 1.807) is 13.3 Å². The molecule has 2 aliphatic rings. The molecule has 8 nitrogen and oxygen atoms in total. The van der Waals surface area contributed by atoms with Gasteiger partial charge in [0.05, 0.1) is 18.0 Å². The summed E-state index contributed by atoms with van der Waals surface area (Å²) in [5.74, 6) is 0.537. The highest BCUT2D eigenvalue weighted by Gasteiger charge is 2.24. The van der Waals surface area contributed by atoms with E-state index in [1.807, 2.05) is 22.9 Å². The van der Waals surface area contributed by atoms with Crippen LogP contribution in [0.2, 0.25) is 0 Å². The highest BCUT2D eigenvalue weighted by molar-refractivity contribution is 7.89. The molecule has 2 N–H and O–H groups in total. The van der Waals surface area contributed by atoms with E-state index in [4.69, 9.17) is 9.47 Å². The Morgan fingerprint density at radius 1 is 1.09 bits per heavy atom. The molecule has 0 atom stereocenters. The van der Waals surface area contributed by atoms with Crippen molar-refractivity contribution in [3.05, 3.63) is 41.6 Å². The molecule has 0 unspecified atom stereocenters. The lowest BCUT2D eigenvalue weighted by atomic mass is 9.95. The molecule has 0 bridgehead atoms. The summed E-state index contributed by atoms with van der Waals surface area (Å²) in [5.41, 5.74) is 4.51.